The van der Waals surface area contributed by atoms with Gasteiger partial charge in [0.2, 0.25) is 0 Å². The Balaban J connectivity index is 2.19. The van der Waals surface area contributed by atoms with Crippen molar-refractivity contribution < 1.29 is 14.2 Å². The molecule has 4 rings (SSSR count). The summed E-state index contributed by atoms with van der Waals surface area (Å²) in [6, 6.07) is 0. The van der Waals surface area contributed by atoms with E-state index < -0.39 is 5.79 Å². The second-order valence-electron chi connectivity index (χ2n) is 8.38. The monoisotopic (exact) mass is 329 g/mol. The van der Waals surface area contributed by atoms with E-state index in [2.05, 4.69) is 48.5 Å². The standard InChI is InChI=1S/C18H33O3P/c1-8-15-12-17(10-3)21-16(9-2,19-15)13-18(11-4,20-15)22(17)14(5,6)7/h8-13H2,1-7H3/p+1. The van der Waals surface area contributed by atoms with Crippen molar-refractivity contribution in [3.63, 3.8) is 0 Å². The van der Waals surface area contributed by atoms with Gasteiger partial charge in [0.05, 0.1) is 12.8 Å². The van der Waals surface area contributed by atoms with Crippen molar-refractivity contribution in [2.45, 2.75) is 114 Å². The smallest absolute Gasteiger partial charge is 0.280 e. The molecule has 3 nitrogen and oxygen atoms in total. The third-order valence-electron chi connectivity index (χ3n) is 5.97. The third kappa shape index (κ3) is 2.08. The molecule has 0 saturated carbocycles. The van der Waals surface area contributed by atoms with Gasteiger partial charge in [-0.3, -0.25) is 4.74 Å². The Kier molecular flexibility index (Phi) is 3.83. The fourth-order valence-corrected chi connectivity index (χ4v) is 10.5. The van der Waals surface area contributed by atoms with Crippen molar-refractivity contribution in [1.82, 2.24) is 0 Å². The van der Waals surface area contributed by atoms with Crippen LogP contribution >= 0.6 is 7.92 Å². The van der Waals surface area contributed by atoms with Crippen molar-refractivity contribution in [2.75, 3.05) is 0 Å². The highest BCUT2D eigenvalue weighted by Crippen LogP contribution is 2.81. The van der Waals surface area contributed by atoms with Crippen LogP contribution in [0.3, 0.4) is 0 Å². The lowest BCUT2D eigenvalue weighted by atomic mass is 9.90. The van der Waals surface area contributed by atoms with E-state index in [1.807, 2.05) is 0 Å². The Morgan fingerprint density at radius 2 is 1.59 bits per heavy atom. The highest BCUT2D eigenvalue weighted by Gasteiger charge is 2.79. The van der Waals surface area contributed by atoms with Gasteiger partial charge in [-0.2, -0.15) is 0 Å². The predicted octanol–water partition coefficient (Wildman–Crippen LogP) is 5.07. The molecule has 5 atom stereocenters. The van der Waals surface area contributed by atoms with Crippen LogP contribution in [0.2, 0.25) is 0 Å². The van der Waals surface area contributed by atoms with Gasteiger partial charge < -0.3 is 9.47 Å². The van der Waals surface area contributed by atoms with Crippen molar-refractivity contribution in [2.24, 2.45) is 0 Å². The maximum Gasteiger partial charge on any atom is 0.280 e. The van der Waals surface area contributed by atoms with Crippen LogP contribution in [0.25, 0.3) is 0 Å². The van der Waals surface area contributed by atoms with E-state index in [0.29, 0.717) is 0 Å². The Morgan fingerprint density at radius 1 is 0.909 bits per heavy atom. The molecule has 0 aromatic rings. The first-order valence-electron chi connectivity index (χ1n) is 9.09. The van der Waals surface area contributed by atoms with Crippen molar-refractivity contribution >= 4 is 7.92 Å². The van der Waals surface area contributed by atoms with E-state index in [4.69, 9.17) is 14.2 Å². The zero-order valence-corrected chi connectivity index (χ0v) is 16.3. The Morgan fingerprint density at radius 3 is 2.05 bits per heavy atom. The molecule has 4 aliphatic heterocycles. The molecule has 22 heavy (non-hydrogen) atoms. The normalized spacial score (nSPS) is 50.6. The number of hydrogen-bond acceptors (Lipinski definition) is 2. The molecule has 4 fully saturated rings. The number of aliphatic hydroxyl groups is 2. The zero-order chi connectivity index (χ0) is 16.4. The van der Waals surface area contributed by atoms with Gasteiger partial charge in [0, 0.05) is 20.8 Å². The average molecular weight is 329 g/mol. The van der Waals surface area contributed by atoms with Gasteiger partial charge in [-0.15, -0.1) is 0 Å². The second kappa shape index (κ2) is 4.91. The largest absolute Gasteiger partial charge is 0.400 e. The van der Waals surface area contributed by atoms with E-state index in [1.54, 1.807) is 0 Å². The lowest BCUT2D eigenvalue weighted by Crippen LogP contribution is -2.76. The van der Waals surface area contributed by atoms with E-state index in [1.165, 1.54) is 0 Å². The lowest BCUT2D eigenvalue weighted by Gasteiger charge is -2.70. The highest BCUT2D eigenvalue weighted by molar-refractivity contribution is 7.62. The molecular weight excluding hydrogens is 295 g/mol. The van der Waals surface area contributed by atoms with Gasteiger partial charge in [-0.1, -0.05) is 48.5 Å². The van der Waals surface area contributed by atoms with E-state index in [9.17, 15) is 0 Å². The van der Waals surface area contributed by atoms with E-state index in [-0.39, 0.29) is 29.5 Å². The molecule has 5 unspecified atom stereocenters. The summed E-state index contributed by atoms with van der Waals surface area (Å²) in [7, 11) is -0.360. The van der Waals surface area contributed by atoms with Gasteiger partial charge in [-0.05, 0) is 18.0 Å². The predicted molar refractivity (Wildman–Crippen MR) is 92.4 cm³/mol. The number of hydrogen-bond donors (Lipinski definition) is 0. The van der Waals surface area contributed by atoms with Crippen LogP contribution in [0.4, 0.5) is 0 Å². The quantitative estimate of drug-likeness (QED) is 0.532. The molecule has 0 aliphatic carbocycles. The lowest BCUT2D eigenvalue weighted by molar-refractivity contribution is -0.529. The average Bonchev–Trinajstić information content (AvgIpc) is 2.44. The van der Waals surface area contributed by atoms with Crippen LogP contribution in [0, 0.1) is 0 Å². The molecule has 0 aromatic heterocycles. The third-order valence-corrected chi connectivity index (χ3v) is 10.1. The Labute approximate surface area is 137 Å². The molecular formula is C18H34O3P+. The molecule has 4 heterocycles. The van der Waals surface area contributed by atoms with E-state index in [0.717, 1.165) is 38.5 Å². The summed E-state index contributed by atoms with van der Waals surface area (Å²) in [5.41, 5.74) is 0. The van der Waals surface area contributed by atoms with Gasteiger partial charge in [-0.25, -0.2) is 0 Å². The summed E-state index contributed by atoms with van der Waals surface area (Å²) in [5, 5.41) is 0.306. The SMILES string of the molecule is CCC12CC3(CC)[OH+]C(CC)(CC(CC)(O1)P3C(C)(C)C)O2. The molecule has 0 aromatic carbocycles. The fraction of sp³-hybridized carbons (Fsp3) is 1.00. The number of rotatable bonds is 4. The van der Waals surface area contributed by atoms with Gasteiger partial charge in [0.25, 0.3) is 5.79 Å². The molecule has 128 valence electrons. The van der Waals surface area contributed by atoms with E-state index >= 15 is 0 Å². The van der Waals surface area contributed by atoms with Crippen molar-refractivity contribution in [3.05, 3.63) is 0 Å². The Hall–Kier alpha value is 0.310. The first-order valence-corrected chi connectivity index (χ1v) is 10.4. The summed E-state index contributed by atoms with van der Waals surface area (Å²) >= 11 is 0. The van der Waals surface area contributed by atoms with Gasteiger partial charge in [0.1, 0.15) is 5.34 Å². The highest BCUT2D eigenvalue weighted by atomic mass is 31.1. The molecule has 4 aliphatic rings. The minimum Gasteiger partial charge on any atom is -0.400 e. The molecule has 4 heteroatoms. The Bertz CT molecular complexity index is 408. The van der Waals surface area contributed by atoms with Crippen LogP contribution in [0.15, 0.2) is 0 Å². The van der Waals surface area contributed by atoms with Crippen molar-refractivity contribution in [3.8, 4) is 0 Å². The summed E-state index contributed by atoms with van der Waals surface area (Å²) in [6.07, 6.45) is 6.02. The minimum atomic E-state index is -0.397. The maximum absolute atomic E-state index is 6.84. The summed E-state index contributed by atoms with van der Waals surface area (Å²) in [4.78, 5) is 0. The number of ether oxygens (including phenoxy) is 3. The molecule has 1 N–H and O–H groups in total. The van der Waals surface area contributed by atoms with Crippen LogP contribution in [-0.2, 0) is 9.47 Å². The molecule has 4 bridgehead atoms. The fourth-order valence-electron chi connectivity index (χ4n) is 5.33. The van der Waals surface area contributed by atoms with Crippen molar-refractivity contribution in [1.29, 1.82) is 0 Å². The molecule has 0 spiro atoms. The van der Waals surface area contributed by atoms with Crippen LogP contribution < -0.4 is 0 Å². The van der Waals surface area contributed by atoms with Gasteiger partial charge in [0.15, 0.2) is 11.1 Å². The summed E-state index contributed by atoms with van der Waals surface area (Å²) in [6.45, 7) is 16.3. The van der Waals surface area contributed by atoms with Crippen LogP contribution in [-0.4, -0.2) is 32.2 Å². The van der Waals surface area contributed by atoms with Crippen LogP contribution in [0.1, 0.15) is 87.0 Å². The second-order valence-corrected chi connectivity index (χ2v) is 12.0. The zero-order valence-electron chi connectivity index (χ0n) is 15.5. The minimum absolute atomic E-state index is 0.0200. The molecule has 4 saturated heterocycles. The molecule has 0 amide bonds. The summed E-state index contributed by atoms with van der Waals surface area (Å²) in [5.74, 6) is -0.700. The first-order chi connectivity index (χ1) is 10.1. The first kappa shape index (κ1) is 17.1. The van der Waals surface area contributed by atoms with Gasteiger partial charge >= 0.3 is 0 Å². The maximum atomic E-state index is 6.84. The summed E-state index contributed by atoms with van der Waals surface area (Å²) < 4.78 is 18.8. The topological polar surface area (TPSA) is 31.3 Å². The molecule has 0 radical (unpaired) electrons. The van der Waals surface area contributed by atoms with Crippen LogP contribution in [0.5, 0.6) is 0 Å².